The lowest BCUT2D eigenvalue weighted by Crippen LogP contribution is -2.46. The minimum atomic E-state index is -0.236. The Balaban J connectivity index is 1.95. The minimum Gasteiger partial charge on any atom is -0.354 e. The molecule has 0 spiro atoms. The number of piperidine rings is 1. The van der Waals surface area contributed by atoms with Gasteiger partial charge in [-0.05, 0) is 37.1 Å². The molecule has 1 unspecified atom stereocenters. The number of nitrogens with zero attached hydrogens (tertiary/aromatic N) is 1. The highest BCUT2D eigenvalue weighted by atomic mass is 79.9. The lowest BCUT2D eigenvalue weighted by atomic mass is 10.0. The summed E-state index contributed by atoms with van der Waals surface area (Å²) >= 11 is 3.43. The molecule has 1 saturated heterocycles. The van der Waals surface area contributed by atoms with Gasteiger partial charge in [0, 0.05) is 36.6 Å². The Labute approximate surface area is 139 Å². The molecule has 0 aliphatic carbocycles. The van der Waals surface area contributed by atoms with Crippen molar-refractivity contribution in [1.82, 2.24) is 10.2 Å². The first-order chi connectivity index (χ1) is 10.6. The van der Waals surface area contributed by atoms with E-state index in [1.165, 1.54) is 18.6 Å². The minimum absolute atomic E-state index is 0.0102. The predicted molar refractivity (Wildman–Crippen MR) is 88.8 cm³/mol. The monoisotopic (exact) mass is 371 g/mol. The van der Waals surface area contributed by atoms with Crippen LogP contribution in [0.15, 0.2) is 22.7 Å². The molecule has 1 fully saturated rings. The Morgan fingerprint density at radius 1 is 1.45 bits per heavy atom. The van der Waals surface area contributed by atoms with Gasteiger partial charge in [-0.1, -0.05) is 28.4 Å². The van der Waals surface area contributed by atoms with Gasteiger partial charge < -0.3 is 11.1 Å². The summed E-state index contributed by atoms with van der Waals surface area (Å²) in [6, 6.07) is 5.13. The van der Waals surface area contributed by atoms with E-state index >= 15 is 0 Å². The summed E-state index contributed by atoms with van der Waals surface area (Å²) in [6.07, 6.45) is 3.78. The lowest BCUT2D eigenvalue weighted by molar-refractivity contribution is -0.121. The van der Waals surface area contributed by atoms with Crippen LogP contribution in [0.1, 0.15) is 31.2 Å². The van der Waals surface area contributed by atoms with Crippen LogP contribution >= 0.6 is 15.9 Å². The van der Waals surface area contributed by atoms with Crippen molar-refractivity contribution in [3.8, 4) is 0 Å². The third kappa shape index (κ3) is 5.04. The number of carbonyl (C=O) groups excluding carboxylic acids is 1. The number of benzene rings is 1. The van der Waals surface area contributed by atoms with Crippen LogP contribution in [0.5, 0.6) is 0 Å². The lowest BCUT2D eigenvalue weighted by Gasteiger charge is -2.36. The first kappa shape index (κ1) is 17.4. The van der Waals surface area contributed by atoms with E-state index in [0.717, 1.165) is 36.0 Å². The van der Waals surface area contributed by atoms with Crippen molar-refractivity contribution in [3.63, 3.8) is 0 Å². The number of amides is 1. The first-order valence-corrected chi connectivity index (χ1v) is 8.54. The SMILES string of the molecule is NCCC(=O)NCC1CCCCN1Cc1ccc(F)cc1Br. The van der Waals surface area contributed by atoms with Gasteiger partial charge in [0.05, 0.1) is 0 Å². The molecule has 2 rings (SSSR count). The van der Waals surface area contributed by atoms with E-state index < -0.39 is 0 Å². The number of carbonyl (C=O) groups is 1. The summed E-state index contributed by atoms with van der Waals surface area (Å²) in [6.45, 7) is 2.79. The third-order valence-corrected chi connectivity index (χ3v) is 4.78. The van der Waals surface area contributed by atoms with E-state index in [-0.39, 0.29) is 11.7 Å². The fourth-order valence-corrected chi connectivity index (χ4v) is 3.30. The Kier molecular flexibility index (Phi) is 6.79. The van der Waals surface area contributed by atoms with E-state index in [4.69, 9.17) is 5.73 Å². The molecule has 22 heavy (non-hydrogen) atoms. The van der Waals surface area contributed by atoms with Crippen LogP contribution in [0.4, 0.5) is 4.39 Å². The molecule has 1 heterocycles. The molecule has 4 nitrogen and oxygen atoms in total. The number of nitrogens with two attached hydrogens (primary N) is 1. The first-order valence-electron chi connectivity index (χ1n) is 7.75. The second kappa shape index (κ2) is 8.60. The fraction of sp³-hybridized carbons (Fsp3) is 0.562. The number of halogens is 2. The van der Waals surface area contributed by atoms with Gasteiger partial charge in [0.2, 0.25) is 5.91 Å². The molecule has 0 aromatic heterocycles. The van der Waals surface area contributed by atoms with Gasteiger partial charge in [-0.15, -0.1) is 0 Å². The van der Waals surface area contributed by atoms with Crippen LogP contribution in [0, 0.1) is 5.82 Å². The van der Waals surface area contributed by atoms with Crippen LogP contribution < -0.4 is 11.1 Å². The van der Waals surface area contributed by atoms with Gasteiger partial charge in [-0.2, -0.15) is 0 Å². The number of likely N-dealkylation sites (tertiary alicyclic amines) is 1. The Hall–Kier alpha value is -0.980. The van der Waals surface area contributed by atoms with Crippen LogP contribution in [-0.2, 0) is 11.3 Å². The molecule has 6 heteroatoms. The average Bonchev–Trinajstić information content (AvgIpc) is 2.49. The van der Waals surface area contributed by atoms with E-state index in [1.54, 1.807) is 0 Å². The van der Waals surface area contributed by atoms with E-state index in [1.807, 2.05) is 6.07 Å². The molecule has 0 bridgehead atoms. The van der Waals surface area contributed by atoms with Crippen molar-refractivity contribution in [3.05, 3.63) is 34.1 Å². The van der Waals surface area contributed by atoms with Crippen LogP contribution in [0.25, 0.3) is 0 Å². The standard InChI is InChI=1S/C16H23BrFN3O/c17-15-9-13(18)5-4-12(15)11-21-8-2-1-3-14(21)10-20-16(22)6-7-19/h4-5,9,14H,1-3,6-8,10-11,19H2,(H,20,22). The van der Waals surface area contributed by atoms with Gasteiger partial charge in [0.25, 0.3) is 0 Å². The van der Waals surface area contributed by atoms with Crippen molar-refractivity contribution < 1.29 is 9.18 Å². The van der Waals surface area contributed by atoms with Crippen LogP contribution in [0.3, 0.4) is 0 Å². The molecule has 0 radical (unpaired) electrons. The molecule has 1 aromatic rings. The van der Waals surface area contributed by atoms with Gasteiger partial charge in [0.1, 0.15) is 5.82 Å². The highest BCUT2D eigenvalue weighted by Gasteiger charge is 2.23. The summed E-state index contributed by atoms with van der Waals surface area (Å²) in [4.78, 5) is 13.9. The third-order valence-electron chi connectivity index (χ3n) is 4.04. The topological polar surface area (TPSA) is 58.4 Å². The number of hydrogen-bond donors (Lipinski definition) is 2. The number of rotatable bonds is 6. The zero-order chi connectivity index (χ0) is 15.9. The maximum Gasteiger partial charge on any atom is 0.221 e. The van der Waals surface area contributed by atoms with E-state index in [0.29, 0.717) is 25.6 Å². The van der Waals surface area contributed by atoms with Crippen molar-refractivity contribution in [2.24, 2.45) is 5.73 Å². The average molecular weight is 372 g/mol. The van der Waals surface area contributed by atoms with E-state index in [2.05, 4.69) is 26.1 Å². The maximum atomic E-state index is 13.2. The summed E-state index contributed by atoms with van der Waals surface area (Å²) in [7, 11) is 0. The molecule has 1 aromatic carbocycles. The second-order valence-electron chi connectivity index (χ2n) is 5.70. The van der Waals surface area contributed by atoms with Gasteiger partial charge >= 0.3 is 0 Å². The highest BCUT2D eigenvalue weighted by Crippen LogP contribution is 2.24. The molecular formula is C16H23BrFN3O. The van der Waals surface area contributed by atoms with Gasteiger partial charge in [0.15, 0.2) is 0 Å². The van der Waals surface area contributed by atoms with Gasteiger partial charge in [-0.3, -0.25) is 9.69 Å². The fourth-order valence-electron chi connectivity index (χ4n) is 2.82. The van der Waals surface area contributed by atoms with Crippen molar-refractivity contribution >= 4 is 21.8 Å². The molecule has 122 valence electrons. The number of nitrogens with one attached hydrogen (secondary N) is 1. The van der Waals surface area contributed by atoms with Crippen LogP contribution in [-0.4, -0.2) is 36.5 Å². The molecule has 3 N–H and O–H groups in total. The Morgan fingerprint density at radius 2 is 2.27 bits per heavy atom. The predicted octanol–water partition coefficient (Wildman–Crippen LogP) is 2.41. The summed E-state index contributed by atoms with van der Waals surface area (Å²) in [5, 5.41) is 2.96. The summed E-state index contributed by atoms with van der Waals surface area (Å²) < 4.78 is 14.0. The van der Waals surface area contributed by atoms with Crippen molar-refractivity contribution in [1.29, 1.82) is 0 Å². The Morgan fingerprint density at radius 3 is 3.00 bits per heavy atom. The smallest absolute Gasteiger partial charge is 0.221 e. The van der Waals surface area contributed by atoms with E-state index in [9.17, 15) is 9.18 Å². The number of hydrogen-bond acceptors (Lipinski definition) is 3. The molecule has 1 aliphatic heterocycles. The van der Waals surface area contributed by atoms with Crippen molar-refractivity contribution in [2.45, 2.75) is 38.3 Å². The molecule has 1 atom stereocenters. The summed E-state index contributed by atoms with van der Waals surface area (Å²) in [5.74, 6) is -0.226. The summed E-state index contributed by atoms with van der Waals surface area (Å²) in [5.41, 5.74) is 6.46. The normalized spacial score (nSPS) is 19.1. The molecule has 0 saturated carbocycles. The zero-order valence-corrected chi connectivity index (χ0v) is 14.2. The second-order valence-corrected chi connectivity index (χ2v) is 6.55. The molecule has 1 amide bonds. The quantitative estimate of drug-likeness (QED) is 0.806. The largest absolute Gasteiger partial charge is 0.354 e. The van der Waals surface area contributed by atoms with Crippen LogP contribution in [0.2, 0.25) is 0 Å². The zero-order valence-electron chi connectivity index (χ0n) is 12.7. The highest BCUT2D eigenvalue weighted by molar-refractivity contribution is 9.10. The molecule has 1 aliphatic rings. The molecular weight excluding hydrogens is 349 g/mol. The Bertz CT molecular complexity index is 512. The van der Waals surface area contributed by atoms with Gasteiger partial charge in [-0.25, -0.2) is 4.39 Å². The van der Waals surface area contributed by atoms with Crippen molar-refractivity contribution in [2.75, 3.05) is 19.6 Å². The maximum absolute atomic E-state index is 13.2.